The maximum absolute atomic E-state index is 14.0. The van der Waals surface area contributed by atoms with E-state index in [-0.39, 0.29) is 36.7 Å². The molecule has 0 saturated carbocycles. The number of benzene rings is 2. The number of nitrogens with zero attached hydrogens (tertiary/aromatic N) is 1. The van der Waals surface area contributed by atoms with Crippen molar-refractivity contribution in [2.24, 2.45) is 0 Å². The molecule has 0 saturated heterocycles. The smallest absolute Gasteiger partial charge is 0.325 e. The lowest BCUT2D eigenvalue weighted by atomic mass is 9.91. The van der Waals surface area contributed by atoms with Gasteiger partial charge in [0.15, 0.2) is 0 Å². The zero-order chi connectivity index (χ0) is 23.5. The van der Waals surface area contributed by atoms with E-state index in [2.05, 4.69) is 5.32 Å². The molecule has 0 aliphatic heterocycles. The summed E-state index contributed by atoms with van der Waals surface area (Å²) in [6, 6.07) is 9.81. The Hall–Kier alpha value is -2.57. The van der Waals surface area contributed by atoms with Crippen LogP contribution in [0.15, 0.2) is 36.4 Å². The number of rotatable bonds is 7. The Morgan fingerprint density at radius 3 is 2.70 bits per heavy atom. The third kappa shape index (κ3) is 5.17. The molecule has 2 aromatic carbocycles. The lowest BCUT2D eigenvalue weighted by Gasteiger charge is -2.25. The van der Waals surface area contributed by atoms with Gasteiger partial charge >= 0.3 is 5.97 Å². The number of amides is 1. The monoisotopic (exact) mass is 490 g/mol. The number of hydrogen-bond acceptors (Lipinski definition) is 3. The summed E-state index contributed by atoms with van der Waals surface area (Å²) in [5.41, 5.74) is 3.53. The second kappa shape index (κ2) is 10.1. The highest BCUT2D eigenvalue weighted by Crippen LogP contribution is 2.33. The summed E-state index contributed by atoms with van der Waals surface area (Å²) >= 11 is 12.4. The minimum Gasteiger partial charge on any atom is -0.465 e. The summed E-state index contributed by atoms with van der Waals surface area (Å²) in [5, 5.41) is 4.97. The van der Waals surface area contributed by atoms with Crippen molar-refractivity contribution < 1.29 is 18.7 Å². The number of carbonyl (C=O) groups is 2. The van der Waals surface area contributed by atoms with Crippen LogP contribution in [-0.4, -0.2) is 29.1 Å². The summed E-state index contributed by atoms with van der Waals surface area (Å²) in [6.07, 6.45) is 2.70. The van der Waals surface area contributed by atoms with Crippen molar-refractivity contribution in [2.45, 2.75) is 51.6 Å². The number of halogens is 3. The number of fused-ring (bicyclic) bond motifs is 3. The second-order valence-corrected chi connectivity index (χ2v) is 9.00. The van der Waals surface area contributed by atoms with Crippen LogP contribution in [0, 0.1) is 5.82 Å². The van der Waals surface area contributed by atoms with Crippen molar-refractivity contribution in [1.29, 1.82) is 0 Å². The Morgan fingerprint density at radius 1 is 1.21 bits per heavy atom. The van der Waals surface area contributed by atoms with E-state index in [0.717, 1.165) is 34.1 Å². The molecule has 1 atom stereocenters. The van der Waals surface area contributed by atoms with Crippen LogP contribution < -0.4 is 5.32 Å². The lowest BCUT2D eigenvalue weighted by molar-refractivity contribution is -0.143. The van der Waals surface area contributed by atoms with E-state index in [0.29, 0.717) is 35.9 Å². The van der Waals surface area contributed by atoms with E-state index in [1.54, 1.807) is 31.2 Å². The van der Waals surface area contributed by atoms with Gasteiger partial charge in [-0.05, 0) is 74.1 Å². The number of ether oxygens (including phenoxy) is 1. The van der Waals surface area contributed by atoms with Gasteiger partial charge in [-0.3, -0.25) is 9.59 Å². The predicted octanol–water partition coefficient (Wildman–Crippen LogP) is 5.26. The first kappa shape index (κ1) is 23.6. The third-order valence-corrected chi connectivity index (χ3v) is 6.76. The van der Waals surface area contributed by atoms with Gasteiger partial charge in [-0.25, -0.2) is 4.39 Å². The largest absolute Gasteiger partial charge is 0.465 e. The molecule has 1 aliphatic carbocycles. The fourth-order valence-electron chi connectivity index (χ4n) is 4.57. The van der Waals surface area contributed by atoms with E-state index < -0.39 is 0 Å². The van der Waals surface area contributed by atoms with E-state index in [1.165, 1.54) is 12.1 Å². The average Bonchev–Trinajstić information content (AvgIpc) is 3.06. The molecule has 5 nitrogen and oxygen atoms in total. The number of esters is 1. The number of nitrogens with one attached hydrogen (secondary N) is 1. The van der Waals surface area contributed by atoms with Crippen molar-refractivity contribution in [2.75, 3.05) is 6.61 Å². The summed E-state index contributed by atoms with van der Waals surface area (Å²) in [6.45, 7) is 2.16. The molecule has 8 heteroatoms. The molecule has 1 aromatic heterocycles. The maximum atomic E-state index is 14.0. The van der Waals surface area contributed by atoms with Gasteiger partial charge < -0.3 is 14.6 Å². The first-order chi connectivity index (χ1) is 15.9. The molecular weight excluding hydrogens is 466 g/mol. The van der Waals surface area contributed by atoms with Gasteiger partial charge in [0.1, 0.15) is 12.4 Å². The lowest BCUT2D eigenvalue weighted by Crippen LogP contribution is -2.39. The molecule has 0 unspecified atom stereocenters. The number of hydrogen-bond donors (Lipinski definition) is 1. The van der Waals surface area contributed by atoms with Crippen molar-refractivity contribution in [3.63, 3.8) is 0 Å². The van der Waals surface area contributed by atoms with E-state index in [1.807, 2.05) is 4.57 Å². The molecule has 0 radical (unpaired) electrons. The van der Waals surface area contributed by atoms with Crippen molar-refractivity contribution in [3.8, 4) is 0 Å². The Morgan fingerprint density at radius 2 is 1.97 bits per heavy atom. The molecule has 4 rings (SSSR count). The van der Waals surface area contributed by atoms with Crippen LogP contribution >= 0.6 is 23.2 Å². The highest BCUT2D eigenvalue weighted by molar-refractivity contribution is 6.36. The van der Waals surface area contributed by atoms with Crippen LogP contribution in [-0.2, 0) is 40.1 Å². The van der Waals surface area contributed by atoms with Crippen molar-refractivity contribution >= 4 is 46.0 Å². The minimum atomic E-state index is -0.332. The van der Waals surface area contributed by atoms with E-state index in [4.69, 9.17) is 27.9 Å². The summed E-state index contributed by atoms with van der Waals surface area (Å²) in [4.78, 5) is 24.8. The third-order valence-electron chi connectivity index (χ3n) is 6.05. The van der Waals surface area contributed by atoms with Gasteiger partial charge in [-0.2, -0.15) is 0 Å². The molecular formula is C25H25Cl2FN2O3. The first-order valence-electron chi connectivity index (χ1n) is 11.0. The summed E-state index contributed by atoms with van der Waals surface area (Å²) < 4.78 is 21.1. The van der Waals surface area contributed by atoms with E-state index >= 15 is 0 Å². The zero-order valence-corrected chi connectivity index (χ0v) is 19.8. The van der Waals surface area contributed by atoms with Crippen molar-refractivity contribution in [1.82, 2.24) is 9.88 Å². The standard InChI is InChI=1S/C25H25Cl2FN2O3/c1-2-33-25(32)14-30-22-9-6-15(28)12-18(22)19-13-16(7-10-23(19)30)29-24(31)11-8-17-20(26)4-3-5-21(17)27/h3-6,9,12,16H,2,7-8,10-11,13-14H2,1H3,(H,29,31)/t16-/m0/s1. The quantitative estimate of drug-likeness (QED) is 0.459. The van der Waals surface area contributed by atoms with Crippen molar-refractivity contribution in [3.05, 3.63) is 69.1 Å². The SMILES string of the molecule is CCOC(=O)Cn1c2c(c3cc(F)ccc31)C[C@@H](NC(=O)CCc1c(Cl)cccc1Cl)CC2. The van der Waals surface area contributed by atoms with Crippen LogP contribution in [0.5, 0.6) is 0 Å². The summed E-state index contributed by atoms with van der Waals surface area (Å²) in [7, 11) is 0. The molecule has 3 aromatic rings. The molecule has 1 N–H and O–H groups in total. The molecule has 33 heavy (non-hydrogen) atoms. The van der Waals surface area contributed by atoms with Crippen LogP contribution in [0.3, 0.4) is 0 Å². The maximum Gasteiger partial charge on any atom is 0.325 e. The summed E-state index contributed by atoms with van der Waals surface area (Å²) in [5.74, 6) is -0.738. The first-order valence-corrected chi connectivity index (χ1v) is 11.8. The van der Waals surface area contributed by atoms with Gasteiger partial charge in [-0.1, -0.05) is 29.3 Å². The average molecular weight is 491 g/mol. The van der Waals surface area contributed by atoms with Gasteiger partial charge in [0, 0.05) is 39.1 Å². The normalized spacial score (nSPS) is 15.3. The fraction of sp³-hybridized carbons (Fsp3) is 0.360. The minimum absolute atomic E-state index is 0.0726. The van der Waals surface area contributed by atoms with Gasteiger partial charge in [0.05, 0.1) is 6.61 Å². The highest BCUT2D eigenvalue weighted by atomic mass is 35.5. The van der Waals surface area contributed by atoms with Crippen LogP contribution in [0.25, 0.3) is 10.9 Å². The van der Waals surface area contributed by atoms with Gasteiger partial charge in [0.2, 0.25) is 5.91 Å². The molecule has 1 heterocycles. The molecule has 1 amide bonds. The van der Waals surface area contributed by atoms with Gasteiger partial charge in [-0.15, -0.1) is 0 Å². The predicted molar refractivity (Wildman–Crippen MR) is 127 cm³/mol. The Balaban J connectivity index is 1.49. The molecule has 1 aliphatic rings. The van der Waals surface area contributed by atoms with E-state index in [9.17, 15) is 14.0 Å². The highest BCUT2D eigenvalue weighted by Gasteiger charge is 2.27. The van der Waals surface area contributed by atoms with Crippen LogP contribution in [0.4, 0.5) is 4.39 Å². The molecule has 0 spiro atoms. The molecule has 174 valence electrons. The zero-order valence-electron chi connectivity index (χ0n) is 18.3. The molecule has 0 bridgehead atoms. The Labute approximate surface area is 201 Å². The topological polar surface area (TPSA) is 60.3 Å². The molecule has 0 fully saturated rings. The van der Waals surface area contributed by atoms with Gasteiger partial charge in [0.25, 0.3) is 0 Å². The van der Waals surface area contributed by atoms with Crippen LogP contribution in [0.2, 0.25) is 10.0 Å². The Kier molecular flexibility index (Phi) is 7.25. The number of aromatic nitrogens is 1. The Bertz CT molecular complexity index is 1190. The van der Waals surface area contributed by atoms with Crippen LogP contribution in [0.1, 0.15) is 36.6 Å². The fourth-order valence-corrected chi connectivity index (χ4v) is 5.16. The number of carbonyl (C=O) groups excluding carboxylic acids is 2. The second-order valence-electron chi connectivity index (χ2n) is 8.19.